The molecule has 0 saturated carbocycles. The van der Waals surface area contributed by atoms with E-state index in [1.807, 2.05) is 24.3 Å². The van der Waals surface area contributed by atoms with Crippen LogP contribution in [0.15, 0.2) is 36.9 Å². The molecule has 4 heteroatoms. The minimum atomic E-state index is -0.489. The van der Waals surface area contributed by atoms with Gasteiger partial charge in [0.15, 0.2) is 11.5 Å². The molecule has 0 amide bonds. The van der Waals surface area contributed by atoms with Crippen LogP contribution >= 0.6 is 0 Å². The van der Waals surface area contributed by atoms with Crippen molar-refractivity contribution >= 4 is 28.8 Å². The van der Waals surface area contributed by atoms with Crippen molar-refractivity contribution in [1.29, 1.82) is 0 Å². The van der Waals surface area contributed by atoms with Crippen LogP contribution in [0.4, 0.5) is 0 Å². The van der Waals surface area contributed by atoms with Gasteiger partial charge in [0.25, 0.3) is 0 Å². The maximum Gasteiger partial charge on any atom is 0.308 e. The Kier molecular flexibility index (Phi) is 3.84. The van der Waals surface area contributed by atoms with E-state index in [0.29, 0.717) is 5.56 Å². The van der Waals surface area contributed by atoms with Crippen LogP contribution in [0.5, 0.6) is 11.5 Å². The zero-order chi connectivity index (χ0) is 14.7. The van der Waals surface area contributed by atoms with Gasteiger partial charge in [-0.3, -0.25) is 9.59 Å². The van der Waals surface area contributed by atoms with Crippen LogP contribution in [0.3, 0.4) is 0 Å². The number of fused-ring (bicyclic) bond motifs is 1. The van der Waals surface area contributed by atoms with Crippen LogP contribution in [0.1, 0.15) is 19.4 Å². The van der Waals surface area contributed by atoms with Crippen molar-refractivity contribution in [1.82, 2.24) is 0 Å². The van der Waals surface area contributed by atoms with Gasteiger partial charge in [-0.1, -0.05) is 36.9 Å². The lowest BCUT2D eigenvalue weighted by Gasteiger charge is -2.14. The lowest BCUT2D eigenvalue weighted by molar-refractivity contribution is -0.134. The fraction of sp³-hybridized carbons (Fsp3) is 0.125. The largest absolute Gasteiger partial charge is 0.423 e. The molecule has 0 atom stereocenters. The zero-order valence-corrected chi connectivity index (χ0v) is 11.3. The number of ether oxygens (including phenoxy) is 2. The third kappa shape index (κ3) is 2.69. The Labute approximate surface area is 116 Å². The van der Waals surface area contributed by atoms with E-state index in [-0.39, 0.29) is 11.5 Å². The van der Waals surface area contributed by atoms with Crippen molar-refractivity contribution in [3.8, 4) is 11.5 Å². The first-order valence-corrected chi connectivity index (χ1v) is 6.08. The standard InChI is InChI=1S/C16H14O4/c1-4-13-14-8-6-5-7-12(14)9-15(19-10(2)17)16(13)20-11(3)18/h4-9H,1H2,2-3H3. The number of hydrogen-bond acceptors (Lipinski definition) is 4. The Hall–Kier alpha value is -2.62. The zero-order valence-electron chi connectivity index (χ0n) is 11.3. The van der Waals surface area contributed by atoms with Gasteiger partial charge in [0.1, 0.15) is 0 Å². The maximum absolute atomic E-state index is 11.3. The summed E-state index contributed by atoms with van der Waals surface area (Å²) in [5.41, 5.74) is 0.620. The number of hydrogen-bond donors (Lipinski definition) is 0. The molecular formula is C16H14O4. The fourth-order valence-corrected chi connectivity index (χ4v) is 2.01. The predicted molar refractivity (Wildman–Crippen MR) is 76.7 cm³/mol. The lowest BCUT2D eigenvalue weighted by Crippen LogP contribution is -2.08. The highest BCUT2D eigenvalue weighted by Gasteiger charge is 2.17. The molecule has 102 valence electrons. The predicted octanol–water partition coefficient (Wildman–Crippen LogP) is 3.33. The summed E-state index contributed by atoms with van der Waals surface area (Å²) in [5.74, 6) is -0.553. The number of esters is 2. The number of benzene rings is 2. The molecule has 0 bridgehead atoms. The quantitative estimate of drug-likeness (QED) is 0.634. The summed E-state index contributed by atoms with van der Waals surface area (Å²) in [4.78, 5) is 22.5. The van der Waals surface area contributed by atoms with Crippen molar-refractivity contribution in [2.45, 2.75) is 13.8 Å². The van der Waals surface area contributed by atoms with Crippen LogP contribution in [-0.4, -0.2) is 11.9 Å². The molecule has 0 radical (unpaired) electrons. The van der Waals surface area contributed by atoms with E-state index in [2.05, 4.69) is 6.58 Å². The summed E-state index contributed by atoms with van der Waals surface area (Å²) in [6, 6.07) is 9.18. The molecule has 2 rings (SSSR count). The fourth-order valence-electron chi connectivity index (χ4n) is 2.01. The van der Waals surface area contributed by atoms with Gasteiger partial charge in [-0.15, -0.1) is 0 Å². The van der Waals surface area contributed by atoms with Gasteiger partial charge in [0.05, 0.1) is 0 Å². The van der Waals surface area contributed by atoms with Crippen LogP contribution in [0.25, 0.3) is 16.8 Å². The van der Waals surface area contributed by atoms with Crippen molar-refractivity contribution < 1.29 is 19.1 Å². The number of rotatable bonds is 3. The Morgan fingerprint density at radius 3 is 2.35 bits per heavy atom. The van der Waals surface area contributed by atoms with E-state index in [0.717, 1.165) is 10.8 Å². The summed E-state index contributed by atoms with van der Waals surface area (Å²) in [6.07, 6.45) is 1.58. The molecule has 0 spiro atoms. The molecule has 0 saturated heterocycles. The molecule has 4 nitrogen and oxygen atoms in total. The molecule has 0 unspecified atom stereocenters. The summed E-state index contributed by atoms with van der Waals surface area (Å²) in [5, 5.41) is 1.74. The normalized spacial score (nSPS) is 10.1. The van der Waals surface area contributed by atoms with E-state index >= 15 is 0 Å². The van der Waals surface area contributed by atoms with Crippen LogP contribution in [-0.2, 0) is 9.59 Å². The molecule has 2 aromatic rings. The molecule has 0 heterocycles. The smallest absolute Gasteiger partial charge is 0.308 e. The SMILES string of the molecule is C=Cc1c(OC(C)=O)c(OC(C)=O)cc2ccccc12. The van der Waals surface area contributed by atoms with Crippen LogP contribution < -0.4 is 9.47 Å². The second-order valence-corrected chi connectivity index (χ2v) is 4.23. The highest BCUT2D eigenvalue weighted by molar-refractivity contribution is 5.96. The van der Waals surface area contributed by atoms with Crippen molar-refractivity contribution in [3.63, 3.8) is 0 Å². The minimum absolute atomic E-state index is 0.210. The van der Waals surface area contributed by atoms with Crippen LogP contribution in [0, 0.1) is 0 Å². The number of carbonyl (C=O) groups excluding carboxylic acids is 2. The Morgan fingerprint density at radius 1 is 1.10 bits per heavy atom. The van der Waals surface area contributed by atoms with Gasteiger partial charge in [0.2, 0.25) is 0 Å². The molecule has 0 aliphatic heterocycles. The third-order valence-electron chi connectivity index (χ3n) is 2.71. The Bertz CT molecular complexity index is 701. The second kappa shape index (κ2) is 5.57. The minimum Gasteiger partial charge on any atom is -0.423 e. The van der Waals surface area contributed by atoms with Gasteiger partial charge in [0, 0.05) is 19.4 Å². The maximum atomic E-state index is 11.3. The molecule has 0 aromatic heterocycles. The van der Waals surface area contributed by atoms with Crippen molar-refractivity contribution in [2.24, 2.45) is 0 Å². The summed E-state index contributed by atoms with van der Waals surface area (Å²) in [7, 11) is 0. The molecule has 0 aliphatic carbocycles. The Balaban J connectivity index is 2.76. The monoisotopic (exact) mass is 270 g/mol. The van der Waals surface area contributed by atoms with E-state index in [1.54, 1.807) is 12.1 Å². The topological polar surface area (TPSA) is 52.6 Å². The molecule has 0 fully saturated rings. The first-order chi connectivity index (χ1) is 9.52. The summed E-state index contributed by atoms with van der Waals surface area (Å²) in [6.45, 7) is 6.32. The van der Waals surface area contributed by atoms with E-state index in [1.165, 1.54) is 13.8 Å². The van der Waals surface area contributed by atoms with Gasteiger partial charge < -0.3 is 9.47 Å². The van der Waals surface area contributed by atoms with E-state index in [9.17, 15) is 9.59 Å². The van der Waals surface area contributed by atoms with Gasteiger partial charge >= 0.3 is 11.9 Å². The molecule has 0 aliphatic rings. The van der Waals surface area contributed by atoms with Crippen molar-refractivity contribution in [2.75, 3.05) is 0 Å². The van der Waals surface area contributed by atoms with Gasteiger partial charge in [-0.25, -0.2) is 0 Å². The Morgan fingerprint density at radius 2 is 1.75 bits per heavy atom. The van der Waals surface area contributed by atoms with Crippen molar-refractivity contribution in [3.05, 3.63) is 42.5 Å². The third-order valence-corrected chi connectivity index (χ3v) is 2.71. The highest BCUT2D eigenvalue weighted by atomic mass is 16.6. The summed E-state index contributed by atoms with van der Waals surface area (Å²) < 4.78 is 10.3. The lowest BCUT2D eigenvalue weighted by atomic mass is 10.0. The molecule has 20 heavy (non-hydrogen) atoms. The number of carbonyl (C=O) groups is 2. The molecule has 2 aromatic carbocycles. The molecular weight excluding hydrogens is 256 g/mol. The molecule has 0 N–H and O–H groups in total. The van der Waals surface area contributed by atoms with Crippen LogP contribution in [0.2, 0.25) is 0 Å². The van der Waals surface area contributed by atoms with E-state index < -0.39 is 11.9 Å². The summed E-state index contributed by atoms with van der Waals surface area (Å²) >= 11 is 0. The second-order valence-electron chi connectivity index (χ2n) is 4.23. The average molecular weight is 270 g/mol. The van der Waals surface area contributed by atoms with Gasteiger partial charge in [-0.05, 0) is 16.8 Å². The van der Waals surface area contributed by atoms with E-state index in [4.69, 9.17) is 9.47 Å². The average Bonchev–Trinajstić information content (AvgIpc) is 2.38. The first-order valence-electron chi connectivity index (χ1n) is 6.08. The highest BCUT2D eigenvalue weighted by Crippen LogP contribution is 2.38. The van der Waals surface area contributed by atoms with Gasteiger partial charge in [-0.2, -0.15) is 0 Å². The first kappa shape index (κ1) is 13.8.